The molecule has 0 saturated heterocycles. The van der Waals surface area contributed by atoms with Crippen LogP contribution in [0, 0.1) is 11.8 Å². The van der Waals surface area contributed by atoms with E-state index in [2.05, 4.69) is 66.1 Å². The molecule has 0 radical (unpaired) electrons. The van der Waals surface area contributed by atoms with Crippen molar-refractivity contribution >= 4 is 40.2 Å². The Kier molecular flexibility index (Phi) is 9.30. The van der Waals surface area contributed by atoms with Gasteiger partial charge in [0.25, 0.3) is 0 Å². The summed E-state index contributed by atoms with van der Waals surface area (Å²) in [6.45, 7) is 4.99. The molecular formula is C25H36ClN3OS2. The number of nitrogens with zero attached hydrogens (tertiary/aromatic N) is 1. The predicted octanol–water partition coefficient (Wildman–Crippen LogP) is 6.18. The van der Waals surface area contributed by atoms with Gasteiger partial charge >= 0.3 is 0 Å². The minimum absolute atomic E-state index is 0.0509. The van der Waals surface area contributed by atoms with E-state index in [1.54, 1.807) is 11.8 Å². The Bertz CT molecular complexity index is 794. The molecular weight excluding hydrogens is 458 g/mol. The lowest BCUT2D eigenvalue weighted by Gasteiger charge is -2.30. The molecule has 0 saturated carbocycles. The van der Waals surface area contributed by atoms with Crippen LogP contribution in [-0.2, 0) is 4.74 Å². The van der Waals surface area contributed by atoms with E-state index < -0.39 is 0 Å². The van der Waals surface area contributed by atoms with Crippen molar-refractivity contribution < 1.29 is 4.74 Å². The second-order valence-electron chi connectivity index (χ2n) is 9.18. The topological polar surface area (TPSA) is 45.7 Å². The number of hydrogen-bond donors (Lipinski definition) is 2. The summed E-state index contributed by atoms with van der Waals surface area (Å²) in [5, 5.41) is 9.26. The zero-order valence-corrected chi connectivity index (χ0v) is 21.5. The zero-order chi connectivity index (χ0) is 22.3. The van der Waals surface area contributed by atoms with Crippen LogP contribution in [0.5, 0.6) is 0 Å². The van der Waals surface area contributed by atoms with Crippen molar-refractivity contribution in [2.45, 2.75) is 75.4 Å². The average molecular weight is 494 g/mol. The summed E-state index contributed by atoms with van der Waals surface area (Å²) >= 11 is 10.2. The normalized spacial score (nSPS) is 34.7. The van der Waals surface area contributed by atoms with Gasteiger partial charge in [0.2, 0.25) is 0 Å². The number of thioether (sulfide) groups is 2. The SMILES string of the molecule is CC1=CCCC(Cl)C1NC1NN=C(COC2C=CCCC2CCSC2=CCC(C)C=C2)S1. The molecule has 4 nitrogen and oxygen atoms in total. The van der Waals surface area contributed by atoms with Crippen molar-refractivity contribution in [1.82, 2.24) is 10.7 Å². The number of hydrazone groups is 1. The fourth-order valence-electron chi connectivity index (χ4n) is 4.58. The van der Waals surface area contributed by atoms with Crippen LogP contribution >= 0.6 is 35.1 Å². The summed E-state index contributed by atoms with van der Waals surface area (Å²) in [5.41, 5.74) is 4.58. The molecule has 3 aliphatic carbocycles. The second-order valence-corrected chi connectivity index (χ2v) is 12.1. The van der Waals surface area contributed by atoms with E-state index in [-0.39, 0.29) is 23.0 Å². The summed E-state index contributed by atoms with van der Waals surface area (Å²) < 4.78 is 6.34. The lowest BCUT2D eigenvalue weighted by molar-refractivity contribution is 0.0627. The minimum Gasteiger partial charge on any atom is -0.367 e. The Morgan fingerprint density at radius 1 is 1.28 bits per heavy atom. The summed E-state index contributed by atoms with van der Waals surface area (Å²) in [7, 11) is 0. The highest BCUT2D eigenvalue weighted by Gasteiger charge is 2.30. The van der Waals surface area contributed by atoms with Crippen molar-refractivity contribution in [3.8, 4) is 0 Å². The number of rotatable bonds is 9. The van der Waals surface area contributed by atoms with Gasteiger partial charge in [0.1, 0.15) is 10.5 Å². The smallest absolute Gasteiger partial charge is 0.147 e. The molecule has 0 spiro atoms. The van der Waals surface area contributed by atoms with Gasteiger partial charge in [-0.3, -0.25) is 10.7 Å². The molecule has 1 aliphatic heterocycles. The standard InChI is InChI=1S/C25H36ClN3OS2/c1-17-10-12-20(13-11-17)31-15-14-19-7-3-4-9-22(19)30-16-23-28-29-25(32-23)27-24-18(2)6-5-8-21(24)26/h4,6,9-10,12-13,17,19,21-22,24-25,27,29H,3,5,7-8,11,14-16H2,1-2H3. The largest absolute Gasteiger partial charge is 0.367 e. The van der Waals surface area contributed by atoms with E-state index in [0.717, 1.165) is 30.1 Å². The molecule has 0 bridgehead atoms. The number of hydrogen-bond acceptors (Lipinski definition) is 6. The maximum absolute atomic E-state index is 6.55. The van der Waals surface area contributed by atoms with E-state index >= 15 is 0 Å². The highest BCUT2D eigenvalue weighted by Crippen LogP contribution is 2.31. The highest BCUT2D eigenvalue weighted by atomic mass is 35.5. The molecule has 0 aromatic rings. The van der Waals surface area contributed by atoms with Crippen LogP contribution in [0.2, 0.25) is 0 Å². The van der Waals surface area contributed by atoms with E-state index in [0.29, 0.717) is 18.4 Å². The van der Waals surface area contributed by atoms with Crippen LogP contribution < -0.4 is 10.7 Å². The quantitative estimate of drug-likeness (QED) is 0.296. The van der Waals surface area contributed by atoms with Gasteiger partial charge in [-0.2, -0.15) is 5.10 Å². The molecule has 4 rings (SSSR count). The Morgan fingerprint density at radius 2 is 2.19 bits per heavy atom. The molecule has 0 aromatic carbocycles. The van der Waals surface area contributed by atoms with Gasteiger partial charge in [0.15, 0.2) is 0 Å². The van der Waals surface area contributed by atoms with Crippen LogP contribution in [-0.4, -0.2) is 40.4 Å². The number of ether oxygens (including phenoxy) is 1. The molecule has 0 fully saturated rings. The lowest BCUT2D eigenvalue weighted by Crippen LogP contribution is -2.47. The average Bonchev–Trinajstić information content (AvgIpc) is 3.24. The first-order valence-corrected chi connectivity index (χ1v) is 14.2. The van der Waals surface area contributed by atoms with Crippen LogP contribution in [0.3, 0.4) is 0 Å². The second kappa shape index (κ2) is 12.2. The maximum atomic E-state index is 6.55. The first-order chi connectivity index (χ1) is 15.6. The third-order valence-electron chi connectivity index (χ3n) is 6.58. The van der Waals surface area contributed by atoms with Crippen molar-refractivity contribution in [2.75, 3.05) is 12.4 Å². The number of halogens is 1. The number of allylic oxidation sites excluding steroid dienone is 5. The minimum atomic E-state index is 0.0509. The first kappa shape index (κ1) is 24.5. The van der Waals surface area contributed by atoms with Crippen molar-refractivity contribution in [3.05, 3.63) is 46.9 Å². The Morgan fingerprint density at radius 3 is 3.00 bits per heavy atom. The van der Waals surface area contributed by atoms with Crippen molar-refractivity contribution in [2.24, 2.45) is 16.9 Å². The molecule has 0 amide bonds. The summed E-state index contributed by atoms with van der Waals surface area (Å²) in [6, 6.07) is 0.200. The van der Waals surface area contributed by atoms with Gasteiger partial charge in [-0.15, -0.1) is 23.4 Å². The highest BCUT2D eigenvalue weighted by molar-refractivity contribution is 8.14. The maximum Gasteiger partial charge on any atom is 0.147 e. The predicted molar refractivity (Wildman–Crippen MR) is 141 cm³/mol. The Hall–Kier alpha value is -0.660. The first-order valence-electron chi connectivity index (χ1n) is 11.9. The van der Waals surface area contributed by atoms with Crippen LogP contribution in [0.25, 0.3) is 0 Å². The monoisotopic (exact) mass is 493 g/mol. The molecule has 1 heterocycles. The summed E-state index contributed by atoms with van der Waals surface area (Å²) in [4.78, 5) is 1.43. The van der Waals surface area contributed by atoms with Gasteiger partial charge in [-0.05, 0) is 63.0 Å². The van der Waals surface area contributed by atoms with Gasteiger partial charge in [-0.25, -0.2) is 0 Å². The lowest BCUT2D eigenvalue weighted by atomic mass is 9.89. The van der Waals surface area contributed by atoms with Crippen molar-refractivity contribution in [3.63, 3.8) is 0 Å². The van der Waals surface area contributed by atoms with E-state index in [1.807, 2.05) is 11.8 Å². The molecule has 32 heavy (non-hydrogen) atoms. The van der Waals surface area contributed by atoms with E-state index in [4.69, 9.17) is 16.3 Å². The fourth-order valence-corrected chi connectivity index (χ4v) is 6.85. The summed E-state index contributed by atoms with van der Waals surface area (Å²) in [6.07, 6.45) is 20.8. The molecule has 2 N–H and O–H groups in total. The van der Waals surface area contributed by atoms with E-state index in [1.165, 1.54) is 29.7 Å². The number of nitrogens with one attached hydrogen (secondary N) is 2. The zero-order valence-electron chi connectivity index (χ0n) is 19.1. The van der Waals surface area contributed by atoms with Gasteiger partial charge < -0.3 is 4.74 Å². The molecule has 6 unspecified atom stereocenters. The number of alkyl halides is 1. The van der Waals surface area contributed by atoms with Crippen LogP contribution in [0.15, 0.2) is 52.0 Å². The Labute approximate surface area is 206 Å². The van der Waals surface area contributed by atoms with Crippen molar-refractivity contribution in [1.29, 1.82) is 0 Å². The van der Waals surface area contributed by atoms with E-state index in [9.17, 15) is 0 Å². The fraction of sp³-hybridized carbons (Fsp3) is 0.640. The molecule has 176 valence electrons. The van der Waals surface area contributed by atoms with Crippen LogP contribution in [0.1, 0.15) is 52.4 Å². The van der Waals surface area contributed by atoms with Gasteiger partial charge in [-0.1, -0.05) is 60.7 Å². The van der Waals surface area contributed by atoms with Gasteiger partial charge in [0.05, 0.1) is 18.1 Å². The molecule has 4 aliphatic rings. The molecule has 0 aromatic heterocycles. The third-order valence-corrected chi connectivity index (χ3v) is 9.09. The Balaban J connectivity index is 1.19. The summed E-state index contributed by atoms with van der Waals surface area (Å²) in [5.74, 6) is 2.42. The van der Waals surface area contributed by atoms with Crippen LogP contribution in [0.4, 0.5) is 0 Å². The third kappa shape index (κ3) is 6.92. The van der Waals surface area contributed by atoms with Gasteiger partial charge in [0, 0.05) is 10.9 Å². The molecule has 7 heteroatoms. The molecule has 6 atom stereocenters.